The zero-order valence-corrected chi connectivity index (χ0v) is 10.4. The largest absolute Gasteiger partial charge is 0.0876 e. The molecule has 0 amide bonds. The molecule has 0 saturated carbocycles. The van der Waals surface area contributed by atoms with Crippen LogP contribution in [0.1, 0.15) is 16.7 Å². The highest BCUT2D eigenvalue weighted by Crippen LogP contribution is 2.11. The lowest BCUT2D eigenvalue weighted by Crippen LogP contribution is -1.84. The van der Waals surface area contributed by atoms with E-state index in [1.165, 1.54) is 5.56 Å². The summed E-state index contributed by atoms with van der Waals surface area (Å²) in [5.74, 6) is 6.37. The van der Waals surface area contributed by atoms with Crippen molar-refractivity contribution in [3.8, 4) is 11.8 Å². The average Bonchev–Trinajstić information content (AvgIpc) is 2.38. The fraction of sp³-hybridized carbons (Fsp3) is 0.0667. The molecular formula is C15H11Br. The van der Waals surface area contributed by atoms with Crippen molar-refractivity contribution in [3.63, 3.8) is 0 Å². The van der Waals surface area contributed by atoms with Crippen molar-refractivity contribution < 1.29 is 0 Å². The molecule has 0 aliphatic heterocycles. The molecule has 0 heterocycles. The highest BCUT2D eigenvalue weighted by molar-refractivity contribution is 9.08. The van der Waals surface area contributed by atoms with Gasteiger partial charge in [0.15, 0.2) is 0 Å². The Morgan fingerprint density at radius 3 is 2.25 bits per heavy atom. The number of halogens is 1. The van der Waals surface area contributed by atoms with E-state index in [1.54, 1.807) is 0 Å². The van der Waals surface area contributed by atoms with E-state index in [0.717, 1.165) is 16.5 Å². The predicted octanol–water partition coefficient (Wildman–Crippen LogP) is 3.98. The van der Waals surface area contributed by atoms with Crippen LogP contribution in [0.4, 0.5) is 0 Å². The molecule has 0 aromatic heterocycles. The van der Waals surface area contributed by atoms with Gasteiger partial charge in [0.05, 0.1) is 0 Å². The van der Waals surface area contributed by atoms with Crippen LogP contribution in [0.25, 0.3) is 0 Å². The Morgan fingerprint density at radius 1 is 0.812 bits per heavy atom. The molecule has 1 heteroatoms. The zero-order chi connectivity index (χ0) is 11.2. The lowest BCUT2D eigenvalue weighted by molar-refractivity contribution is 1.40. The fourth-order valence-electron chi connectivity index (χ4n) is 1.42. The quantitative estimate of drug-likeness (QED) is 0.543. The molecule has 0 fully saturated rings. The maximum Gasteiger partial charge on any atom is 0.0295 e. The summed E-state index contributed by atoms with van der Waals surface area (Å²) in [6.07, 6.45) is 0. The predicted molar refractivity (Wildman–Crippen MR) is 71.5 cm³/mol. The first kappa shape index (κ1) is 11.0. The third kappa shape index (κ3) is 2.74. The Bertz CT molecular complexity index is 518. The summed E-state index contributed by atoms with van der Waals surface area (Å²) < 4.78 is 0. The molecule has 16 heavy (non-hydrogen) atoms. The third-order valence-electron chi connectivity index (χ3n) is 2.28. The molecule has 78 valence electrons. The number of hydrogen-bond acceptors (Lipinski definition) is 0. The van der Waals surface area contributed by atoms with Crippen LogP contribution in [-0.2, 0) is 5.33 Å². The van der Waals surface area contributed by atoms with Gasteiger partial charge in [0.1, 0.15) is 0 Å². The smallest absolute Gasteiger partial charge is 0.0295 e. The van der Waals surface area contributed by atoms with Gasteiger partial charge in [0.25, 0.3) is 0 Å². The molecule has 0 radical (unpaired) electrons. The van der Waals surface area contributed by atoms with Crippen molar-refractivity contribution in [2.24, 2.45) is 0 Å². The molecule has 2 aromatic rings. The molecule has 0 N–H and O–H groups in total. The molecule has 0 atom stereocenters. The van der Waals surface area contributed by atoms with Crippen LogP contribution >= 0.6 is 15.9 Å². The van der Waals surface area contributed by atoms with Crippen LogP contribution in [0.3, 0.4) is 0 Å². The van der Waals surface area contributed by atoms with E-state index >= 15 is 0 Å². The molecule has 0 aliphatic carbocycles. The maximum absolute atomic E-state index is 3.47. The van der Waals surface area contributed by atoms with E-state index in [1.807, 2.05) is 48.5 Å². The number of benzene rings is 2. The third-order valence-corrected chi connectivity index (χ3v) is 2.88. The first-order valence-electron chi connectivity index (χ1n) is 5.11. The fourth-order valence-corrected chi connectivity index (χ4v) is 1.91. The Balaban J connectivity index is 2.31. The topological polar surface area (TPSA) is 0 Å². The van der Waals surface area contributed by atoms with E-state index in [-0.39, 0.29) is 0 Å². The second-order valence-corrected chi connectivity index (χ2v) is 3.97. The van der Waals surface area contributed by atoms with Crippen molar-refractivity contribution in [3.05, 3.63) is 71.3 Å². The molecular weight excluding hydrogens is 260 g/mol. The van der Waals surface area contributed by atoms with Gasteiger partial charge in [-0.2, -0.15) is 0 Å². The monoisotopic (exact) mass is 270 g/mol. The van der Waals surface area contributed by atoms with Crippen LogP contribution in [-0.4, -0.2) is 0 Å². The van der Waals surface area contributed by atoms with E-state index < -0.39 is 0 Å². The first-order chi connectivity index (χ1) is 7.90. The van der Waals surface area contributed by atoms with E-state index in [4.69, 9.17) is 0 Å². The Kier molecular flexibility index (Phi) is 3.80. The van der Waals surface area contributed by atoms with Crippen LogP contribution in [0.15, 0.2) is 54.6 Å². The highest BCUT2D eigenvalue weighted by Gasteiger charge is 1.95. The van der Waals surface area contributed by atoms with Crippen LogP contribution in [0, 0.1) is 11.8 Å². The maximum atomic E-state index is 3.47. The lowest BCUT2D eigenvalue weighted by atomic mass is 10.1. The first-order valence-corrected chi connectivity index (χ1v) is 6.23. The Hall–Kier alpha value is -1.52. The summed E-state index contributed by atoms with van der Waals surface area (Å²) in [6.45, 7) is 0. The minimum absolute atomic E-state index is 0.840. The molecule has 0 aliphatic rings. The van der Waals surface area contributed by atoms with Gasteiger partial charge in [0, 0.05) is 16.5 Å². The standard InChI is InChI=1S/C15H11Br/c16-12-15-9-5-4-8-14(15)11-10-13-6-2-1-3-7-13/h1-9H,12H2. The lowest BCUT2D eigenvalue weighted by Gasteiger charge is -1.98. The van der Waals surface area contributed by atoms with Gasteiger partial charge in [-0.05, 0) is 23.8 Å². The minimum atomic E-state index is 0.840. The second-order valence-electron chi connectivity index (χ2n) is 3.41. The second kappa shape index (κ2) is 5.53. The SMILES string of the molecule is BrCc1ccccc1C#Cc1ccccc1. The van der Waals surface area contributed by atoms with Gasteiger partial charge in [-0.1, -0.05) is 64.2 Å². The minimum Gasteiger partial charge on any atom is -0.0876 e. The van der Waals surface area contributed by atoms with Crippen LogP contribution in [0.2, 0.25) is 0 Å². The molecule has 0 nitrogen and oxygen atoms in total. The number of rotatable bonds is 1. The summed E-state index contributed by atoms with van der Waals surface area (Å²) in [7, 11) is 0. The van der Waals surface area contributed by atoms with E-state index in [9.17, 15) is 0 Å². The van der Waals surface area contributed by atoms with Crippen LogP contribution < -0.4 is 0 Å². The number of alkyl halides is 1. The van der Waals surface area contributed by atoms with Gasteiger partial charge in [0.2, 0.25) is 0 Å². The van der Waals surface area contributed by atoms with Gasteiger partial charge in [-0.15, -0.1) is 0 Å². The van der Waals surface area contributed by atoms with Crippen molar-refractivity contribution in [1.29, 1.82) is 0 Å². The van der Waals surface area contributed by atoms with Gasteiger partial charge < -0.3 is 0 Å². The number of hydrogen-bond donors (Lipinski definition) is 0. The molecule has 2 rings (SSSR count). The zero-order valence-electron chi connectivity index (χ0n) is 8.78. The molecule has 0 bridgehead atoms. The molecule has 0 saturated heterocycles. The van der Waals surface area contributed by atoms with Crippen LogP contribution in [0.5, 0.6) is 0 Å². The van der Waals surface area contributed by atoms with Crippen molar-refractivity contribution >= 4 is 15.9 Å². The summed E-state index contributed by atoms with van der Waals surface area (Å²) in [5, 5.41) is 0.840. The van der Waals surface area contributed by atoms with Crippen molar-refractivity contribution in [2.75, 3.05) is 0 Å². The highest BCUT2D eigenvalue weighted by atomic mass is 79.9. The molecule has 2 aromatic carbocycles. The normalized spacial score (nSPS) is 9.31. The van der Waals surface area contributed by atoms with Crippen molar-refractivity contribution in [1.82, 2.24) is 0 Å². The Morgan fingerprint density at radius 2 is 1.50 bits per heavy atom. The Labute approximate surface area is 104 Å². The summed E-state index contributed by atoms with van der Waals surface area (Å²) in [6, 6.07) is 18.2. The van der Waals surface area contributed by atoms with Gasteiger partial charge >= 0.3 is 0 Å². The summed E-state index contributed by atoms with van der Waals surface area (Å²) in [4.78, 5) is 0. The molecule has 0 unspecified atom stereocenters. The summed E-state index contributed by atoms with van der Waals surface area (Å²) >= 11 is 3.47. The average molecular weight is 271 g/mol. The van der Waals surface area contributed by atoms with E-state index in [0.29, 0.717) is 0 Å². The summed E-state index contributed by atoms with van der Waals surface area (Å²) in [5.41, 5.74) is 3.36. The van der Waals surface area contributed by atoms with Gasteiger partial charge in [-0.25, -0.2) is 0 Å². The van der Waals surface area contributed by atoms with Gasteiger partial charge in [-0.3, -0.25) is 0 Å². The van der Waals surface area contributed by atoms with Crippen molar-refractivity contribution in [2.45, 2.75) is 5.33 Å². The van der Waals surface area contributed by atoms with E-state index in [2.05, 4.69) is 33.8 Å². The molecule has 0 spiro atoms.